The summed E-state index contributed by atoms with van der Waals surface area (Å²) in [7, 11) is 1.18. The minimum Gasteiger partial charge on any atom is -0.355 e. The van der Waals surface area contributed by atoms with Gasteiger partial charge in [0, 0.05) is 36.6 Å². The summed E-state index contributed by atoms with van der Waals surface area (Å²) in [5.74, 6) is -0.136. The summed E-state index contributed by atoms with van der Waals surface area (Å²) in [6, 6.07) is 3.30. The number of nitrogens with one attached hydrogen (secondary N) is 1. The van der Waals surface area contributed by atoms with Crippen LogP contribution in [0.3, 0.4) is 0 Å². The van der Waals surface area contributed by atoms with Gasteiger partial charge in [0.15, 0.2) is 0 Å². The summed E-state index contributed by atoms with van der Waals surface area (Å²) in [6.07, 6.45) is 4.02. The van der Waals surface area contributed by atoms with E-state index in [0.717, 1.165) is 22.3 Å². The Morgan fingerprint density at radius 2 is 2.08 bits per heavy atom. The van der Waals surface area contributed by atoms with Gasteiger partial charge in [0.25, 0.3) is 0 Å². The molecule has 26 heavy (non-hydrogen) atoms. The molecular formula is C18H25BF2N4O. The molecule has 1 aliphatic heterocycles. The van der Waals surface area contributed by atoms with Gasteiger partial charge < -0.3 is 14.7 Å². The molecule has 2 heterocycles. The first kappa shape index (κ1) is 20.1. The number of hydrogen-bond acceptors (Lipinski definition) is 3. The van der Waals surface area contributed by atoms with E-state index in [1.54, 1.807) is 18.2 Å². The molecule has 0 saturated carbocycles. The van der Waals surface area contributed by atoms with Crippen molar-refractivity contribution in [3.63, 3.8) is 0 Å². The highest BCUT2D eigenvalue weighted by Gasteiger charge is 2.23. The highest BCUT2D eigenvalue weighted by atomic mass is 19.2. The second kappa shape index (κ2) is 8.94. The minimum absolute atomic E-state index is 0.136. The molecule has 0 fully saturated rings. The molecule has 0 unspecified atom stereocenters. The molecule has 0 spiro atoms. The summed E-state index contributed by atoms with van der Waals surface area (Å²) in [5.41, 5.74) is 3.33. The Labute approximate surface area is 153 Å². The summed E-state index contributed by atoms with van der Waals surface area (Å²) in [6.45, 7) is 5.06. The maximum atomic E-state index is 13.6. The molecule has 0 bridgehead atoms. The van der Waals surface area contributed by atoms with E-state index < -0.39 is 7.40 Å². The Balaban J connectivity index is 2.07. The zero-order valence-electron chi connectivity index (χ0n) is 15.7. The van der Waals surface area contributed by atoms with Gasteiger partial charge in [-0.1, -0.05) is 0 Å². The van der Waals surface area contributed by atoms with Crippen molar-refractivity contribution in [2.75, 3.05) is 27.2 Å². The molecule has 1 aliphatic rings. The quantitative estimate of drug-likeness (QED) is 0.723. The predicted molar refractivity (Wildman–Crippen MR) is 103 cm³/mol. The van der Waals surface area contributed by atoms with Crippen LogP contribution in [-0.2, 0) is 11.2 Å². The van der Waals surface area contributed by atoms with Crippen LogP contribution in [0.5, 0.6) is 0 Å². The van der Waals surface area contributed by atoms with Gasteiger partial charge in [-0.15, -0.1) is 0 Å². The topological polar surface area (TPSA) is 49.6 Å². The van der Waals surface area contributed by atoms with Crippen LogP contribution in [0, 0.1) is 0 Å². The zero-order valence-corrected chi connectivity index (χ0v) is 15.7. The fourth-order valence-electron chi connectivity index (χ4n) is 2.80. The van der Waals surface area contributed by atoms with Crippen molar-refractivity contribution in [1.29, 1.82) is 0 Å². The third kappa shape index (κ3) is 5.39. The Hall–Kier alpha value is -2.22. The lowest BCUT2D eigenvalue weighted by Crippen LogP contribution is -2.31. The molecule has 1 aromatic heterocycles. The van der Waals surface area contributed by atoms with E-state index in [-0.39, 0.29) is 18.7 Å². The largest absolute Gasteiger partial charge is 0.677 e. The third-order valence-electron chi connectivity index (χ3n) is 4.13. The van der Waals surface area contributed by atoms with Gasteiger partial charge in [0.1, 0.15) is 0 Å². The lowest BCUT2D eigenvalue weighted by molar-refractivity contribution is -0.121. The van der Waals surface area contributed by atoms with Crippen LogP contribution in [0.2, 0.25) is 0 Å². The molecule has 1 aromatic rings. The number of carbonyl (C=O) groups is 1. The van der Waals surface area contributed by atoms with E-state index in [2.05, 4.69) is 10.3 Å². The standard InChI is InChI=1S/C18H25BF2N4O/c1-13-11-14(2)23-17(13)12-16-6-5-15(25(16)19(20)21)7-8-18(26)22-9-10-24(3)4/h5-6,11-12H,7-10H2,1-4H3,(H,22,26)/b17-12-. The van der Waals surface area contributed by atoms with Gasteiger partial charge in [0.05, 0.1) is 5.70 Å². The number of likely N-dealkylation sites (N-methyl/N-ethyl adjacent to an activating group) is 1. The van der Waals surface area contributed by atoms with Crippen molar-refractivity contribution in [3.8, 4) is 0 Å². The van der Waals surface area contributed by atoms with Crippen LogP contribution in [0.15, 0.2) is 34.5 Å². The second-order valence-corrected chi connectivity index (χ2v) is 6.66. The number of carbonyl (C=O) groups excluding carboxylic acids is 1. The highest BCUT2D eigenvalue weighted by Crippen LogP contribution is 2.23. The molecular weight excluding hydrogens is 337 g/mol. The molecule has 0 radical (unpaired) electrons. The second-order valence-electron chi connectivity index (χ2n) is 6.66. The van der Waals surface area contributed by atoms with Crippen molar-refractivity contribution >= 4 is 25.1 Å². The number of nitrogens with zero attached hydrogens (tertiary/aromatic N) is 3. The van der Waals surface area contributed by atoms with Crippen molar-refractivity contribution < 1.29 is 13.4 Å². The van der Waals surface area contributed by atoms with Crippen LogP contribution < -0.4 is 5.32 Å². The average Bonchev–Trinajstić information content (AvgIpc) is 3.08. The fraction of sp³-hybridized carbons (Fsp3) is 0.444. The van der Waals surface area contributed by atoms with Crippen molar-refractivity contribution in [1.82, 2.24) is 14.7 Å². The van der Waals surface area contributed by atoms with E-state index in [1.807, 2.05) is 38.9 Å². The summed E-state index contributed by atoms with van der Waals surface area (Å²) >= 11 is 0. The van der Waals surface area contributed by atoms with Crippen LogP contribution in [0.25, 0.3) is 6.08 Å². The number of aromatic nitrogens is 1. The smallest absolute Gasteiger partial charge is 0.355 e. The average molecular weight is 362 g/mol. The Bertz CT molecular complexity index is 750. The van der Waals surface area contributed by atoms with Gasteiger partial charge in [-0.2, -0.15) is 0 Å². The van der Waals surface area contributed by atoms with Gasteiger partial charge in [-0.25, -0.2) is 0 Å². The highest BCUT2D eigenvalue weighted by molar-refractivity contribution is 6.41. The third-order valence-corrected chi connectivity index (χ3v) is 4.13. The van der Waals surface area contributed by atoms with Crippen molar-refractivity contribution in [3.05, 3.63) is 40.9 Å². The minimum atomic E-state index is -2.67. The molecule has 0 saturated heterocycles. The van der Waals surface area contributed by atoms with Crippen LogP contribution in [0.4, 0.5) is 8.63 Å². The summed E-state index contributed by atoms with van der Waals surface area (Å²) in [5, 5.41) is 2.79. The van der Waals surface area contributed by atoms with E-state index in [0.29, 0.717) is 23.6 Å². The molecule has 5 nitrogen and oxygen atoms in total. The molecule has 0 aliphatic carbocycles. The molecule has 8 heteroatoms. The van der Waals surface area contributed by atoms with E-state index >= 15 is 0 Å². The molecule has 0 aromatic carbocycles. The molecule has 0 atom stereocenters. The first-order chi connectivity index (χ1) is 12.3. The van der Waals surface area contributed by atoms with Gasteiger partial charge in [0.2, 0.25) is 5.91 Å². The Kier molecular flexibility index (Phi) is 6.91. The number of hydrogen-bond donors (Lipinski definition) is 1. The monoisotopic (exact) mass is 362 g/mol. The van der Waals surface area contributed by atoms with E-state index in [1.165, 1.54) is 0 Å². The predicted octanol–water partition coefficient (Wildman–Crippen LogP) is 2.63. The van der Waals surface area contributed by atoms with Crippen molar-refractivity contribution in [2.24, 2.45) is 4.99 Å². The van der Waals surface area contributed by atoms with Gasteiger partial charge in [-0.05, 0) is 64.2 Å². The normalized spacial score (nSPS) is 15.4. The lowest BCUT2D eigenvalue weighted by atomic mass is 10.1. The number of halogens is 2. The molecule has 1 N–H and O–H groups in total. The number of aliphatic imine (C=N–C) groups is 1. The number of amides is 1. The van der Waals surface area contributed by atoms with Crippen LogP contribution in [-0.4, -0.2) is 55.6 Å². The number of rotatable bonds is 8. The zero-order chi connectivity index (χ0) is 19.3. The Morgan fingerprint density at radius 3 is 2.65 bits per heavy atom. The first-order valence-corrected chi connectivity index (χ1v) is 8.63. The first-order valence-electron chi connectivity index (χ1n) is 8.63. The molecule has 2 rings (SSSR count). The van der Waals surface area contributed by atoms with E-state index in [9.17, 15) is 13.4 Å². The van der Waals surface area contributed by atoms with Gasteiger partial charge in [-0.3, -0.25) is 18.4 Å². The van der Waals surface area contributed by atoms with Gasteiger partial charge >= 0.3 is 7.40 Å². The van der Waals surface area contributed by atoms with Crippen molar-refractivity contribution in [2.45, 2.75) is 26.7 Å². The number of aryl methyl sites for hydroxylation is 1. The molecule has 1 amide bonds. The fourth-order valence-corrected chi connectivity index (χ4v) is 2.80. The maximum Gasteiger partial charge on any atom is 0.677 e. The maximum absolute atomic E-state index is 13.6. The molecule has 140 valence electrons. The lowest BCUT2D eigenvalue weighted by Gasteiger charge is -2.11. The van der Waals surface area contributed by atoms with Crippen LogP contribution in [0.1, 0.15) is 31.7 Å². The summed E-state index contributed by atoms with van der Waals surface area (Å²) < 4.78 is 28.1. The van der Waals surface area contributed by atoms with E-state index in [4.69, 9.17) is 0 Å². The number of allylic oxidation sites excluding steroid dienone is 2. The van der Waals surface area contributed by atoms with Crippen LogP contribution >= 0.6 is 0 Å². The summed E-state index contributed by atoms with van der Waals surface area (Å²) in [4.78, 5) is 18.2. The Morgan fingerprint density at radius 1 is 1.35 bits per heavy atom. The SMILES string of the molecule is CC1=CC(C)=N/C1=C\c1ccc(CCC(=O)NCCN(C)C)n1B(F)F.